The van der Waals surface area contributed by atoms with Crippen LogP contribution >= 0.6 is 0 Å². The molecule has 0 spiro atoms. The number of rotatable bonds is 9. The Bertz CT molecular complexity index is 1750. The molecule has 3 aromatic carbocycles. The molecule has 1 amide bonds. The van der Waals surface area contributed by atoms with Gasteiger partial charge in [0.1, 0.15) is 35.4 Å². The maximum absolute atomic E-state index is 15.2. The van der Waals surface area contributed by atoms with E-state index in [9.17, 15) is 9.59 Å². The standard InChI is InChI=1S/C35H35F2N3O5/c1-43-23-13-11-22(12-14-23)38-15-5-10-31(41)39-33-27(36)18-21(19-28(33)37)35(42)26-20-40-16-17-45-30-9-4-8-29(44-2)32(30)25-7-3-6-24(26)34(25)40/h3-10,18-20,22-23,38H,11-17H2,1-2H3,(H,39,41)/b10-5+. The van der Waals surface area contributed by atoms with Crippen LogP contribution in [0.25, 0.3) is 22.0 Å². The third-order valence-electron chi connectivity index (χ3n) is 8.56. The molecule has 234 valence electrons. The van der Waals surface area contributed by atoms with Crippen molar-refractivity contribution >= 4 is 28.3 Å². The van der Waals surface area contributed by atoms with Gasteiger partial charge >= 0.3 is 0 Å². The van der Waals surface area contributed by atoms with Gasteiger partial charge in [0, 0.05) is 54.0 Å². The van der Waals surface area contributed by atoms with Gasteiger partial charge in [-0.25, -0.2) is 8.78 Å². The molecule has 0 atom stereocenters. The summed E-state index contributed by atoms with van der Waals surface area (Å²) in [5.74, 6) is -2.00. The molecule has 1 aliphatic heterocycles. The van der Waals surface area contributed by atoms with Gasteiger partial charge in [0.05, 0.1) is 30.8 Å². The summed E-state index contributed by atoms with van der Waals surface area (Å²) in [6, 6.07) is 13.4. The summed E-state index contributed by atoms with van der Waals surface area (Å²) in [5, 5.41) is 6.27. The Balaban J connectivity index is 1.20. The molecule has 2 aliphatic rings. The van der Waals surface area contributed by atoms with Crippen LogP contribution in [0.3, 0.4) is 0 Å². The lowest BCUT2D eigenvalue weighted by Crippen LogP contribution is -2.35. The Morgan fingerprint density at radius 2 is 1.80 bits per heavy atom. The van der Waals surface area contributed by atoms with Crippen LogP contribution in [0.4, 0.5) is 14.5 Å². The number of carbonyl (C=O) groups excluding carboxylic acids is 2. The Labute approximate surface area is 260 Å². The number of benzene rings is 3. The zero-order valence-electron chi connectivity index (χ0n) is 25.2. The predicted molar refractivity (Wildman–Crippen MR) is 168 cm³/mol. The number of nitrogens with zero attached hydrogens (tertiary/aromatic N) is 1. The summed E-state index contributed by atoms with van der Waals surface area (Å²) in [6.07, 6.45) is 8.78. The zero-order valence-corrected chi connectivity index (χ0v) is 25.2. The van der Waals surface area contributed by atoms with E-state index in [0.29, 0.717) is 54.3 Å². The van der Waals surface area contributed by atoms with Gasteiger partial charge in [0.15, 0.2) is 5.78 Å². The first-order chi connectivity index (χ1) is 21.9. The lowest BCUT2D eigenvalue weighted by molar-refractivity contribution is -0.112. The van der Waals surface area contributed by atoms with E-state index in [4.69, 9.17) is 14.2 Å². The molecule has 0 bridgehead atoms. The van der Waals surface area contributed by atoms with Crippen LogP contribution in [0.2, 0.25) is 0 Å². The highest BCUT2D eigenvalue weighted by Gasteiger charge is 2.26. The number of fused-ring (bicyclic) bond motifs is 2. The van der Waals surface area contributed by atoms with Crippen molar-refractivity contribution in [3.8, 4) is 22.6 Å². The number of ether oxygens (including phenoxy) is 3. The monoisotopic (exact) mass is 615 g/mol. The van der Waals surface area contributed by atoms with E-state index in [0.717, 1.165) is 54.5 Å². The summed E-state index contributed by atoms with van der Waals surface area (Å²) < 4.78 is 49.3. The van der Waals surface area contributed by atoms with Gasteiger partial charge in [-0.05, 0) is 49.9 Å². The molecule has 4 aromatic rings. The molecule has 6 rings (SSSR count). The SMILES string of the molecule is COc1cccc2c1-c1cccc3c(C(=O)c4cc(F)c(NC(=O)/C=C/CNC5CCC(OC)CC5)c(F)c4)cn(c13)CCO2. The third-order valence-corrected chi connectivity index (χ3v) is 8.56. The average molecular weight is 616 g/mol. The van der Waals surface area contributed by atoms with Crippen molar-refractivity contribution in [2.24, 2.45) is 0 Å². The van der Waals surface area contributed by atoms with E-state index in [2.05, 4.69) is 10.6 Å². The number of halogens is 2. The number of hydrogen-bond donors (Lipinski definition) is 2. The molecular formula is C35H35F2N3O5. The highest BCUT2D eigenvalue weighted by Crippen LogP contribution is 2.43. The molecular weight excluding hydrogens is 580 g/mol. The quantitative estimate of drug-likeness (QED) is 0.171. The molecule has 0 radical (unpaired) electrons. The number of methoxy groups -OCH3 is 2. The Morgan fingerprint density at radius 1 is 1.04 bits per heavy atom. The first-order valence-electron chi connectivity index (χ1n) is 15.1. The highest BCUT2D eigenvalue weighted by molar-refractivity contribution is 6.18. The van der Waals surface area contributed by atoms with Crippen LogP contribution < -0.4 is 20.1 Å². The Hall–Kier alpha value is -4.54. The molecule has 45 heavy (non-hydrogen) atoms. The van der Waals surface area contributed by atoms with Crippen LogP contribution in [0, 0.1) is 11.6 Å². The fourth-order valence-electron chi connectivity index (χ4n) is 6.29. The van der Waals surface area contributed by atoms with Gasteiger partial charge in [-0.1, -0.05) is 30.3 Å². The van der Waals surface area contributed by atoms with E-state index < -0.39 is 29.0 Å². The van der Waals surface area contributed by atoms with Crippen LogP contribution in [-0.2, 0) is 16.1 Å². The highest BCUT2D eigenvalue weighted by atomic mass is 19.1. The molecule has 1 saturated carbocycles. The van der Waals surface area contributed by atoms with Crippen molar-refractivity contribution in [1.29, 1.82) is 0 Å². The summed E-state index contributed by atoms with van der Waals surface area (Å²) in [6.45, 7) is 1.26. The van der Waals surface area contributed by atoms with Crippen LogP contribution in [-0.4, -0.2) is 55.8 Å². The minimum atomic E-state index is -1.04. The number of amides is 1. The summed E-state index contributed by atoms with van der Waals surface area (Å²) >= 11 is 0. The van der Waals surface area contributed by atoms with Gasteiger partial charge in [0.25, 0.3) is 0 Å². The second-order valence-corrected chi connectivity index (χ2v) is 11.3. The van der Waals surface area contributed by atoms with Crippen LogP contribution in [0.5, 0.6) is 11.5 Å². The summed E-state index contributed by atoms with van der Waals surface area (Å²) in [7, 11) is 3.31. The zero-order chi connectivity index (χ0) is 31.5. The maximum atomic E-state index is 15.2. The minimum Gasteiger partial charge on any atom is -0.496 e. The van der Waals surface area contributed by atoms with Crippen molar-refractivity contribution < 1.29 is 32.6 Å². The fourth-order valence-corrected chi connectivity index (χ4v) is 6.29. The van der Waals surface area contributed by atoms with Gasteiger partial charge < -0.3 is 29.4 Å². The molecule has 0 saturated heterocycles. The van der Waals surface area contributed by atoms with Crippen molar-refractivity contribution in [1.82, 2.24) is 9.88 Å². The number of anilines is 1. The smallest absolute Gasteiger partial charge is 0.248 e. The van der Waals surface area contributed by atoms with Crippen molar-refractivity contribution in [2.75, 3.05) is 32.7 Å². The summed E-state index contributed by atoms with van der Waals surface area (Å²) in [5.41, 5.74) is 1.90. The molecule has 8 nitrogen and oxygen atoms in total. The normalized spacial score (nSPS) is 17.8. The second kappa shape index (κ2) is 13.2. The Morgan fingerprint density at radius 3 is 2.53 bits per heavy atom. The first kappa shape index (κ1) is 30.5. The molecule has 2 heterocycles. The number of carbonyl (C=O) groups is 2. The van der Waals surface area contributed by atoms with Gasteiger partial charge in [-0.15, -0.1) is 0 Å². The third kappa shape index (κ3) is 6.21. The number of aromatic nitrogens is 1. The maximum Gasteiger partial charge on any atom is 0.248 e. The minimum absolute atomic E-state index is 0.167. The Kier molecular flexibility index (Phi) is 8.95. The lowest BCUT2D eigenvalue weighted by Gasteiger charge is -2.27. The molecule has 0 unspecified atom stereocenters. The number of hydrogen-bond acceptors (Lipinski definition) is 6. The largest absolute Gasteiger partial charge is 0.496 e. The van der Waals surface area contributed by atoms with Gasteiger partial charge in [0.2, 0.25) is 5.91 Å². The van der Waals surface area contributed by atoms with Gasteiger partial charge in [-0.2, -0.15) is 0 Å². The van der Waals surface area contributed by atoms with E-state index in [1.807, 2.05) is 41.0 Å². The topological polar surface area (TPSA) is 90.8 Å². The lowest BCUT2D eigenvalue weighted by atomic mass is 9.93. The van der Waals surface area contributed by atoms with Crippen molar-refractivity contribution in [3.63, 3.8) is 0 Å². The van der Waals surface area contributed by atoms with E-state index in [1.165, 1.54) is 6.08 Å². The molecule has 10 heteroatoms. The number of ketones is 1. The van der Waals surface area contributed by atoms with Crippen LogP contribution in [0.1, 0.15) is 41.6 Å². The van der Waals surface area contributed by atoms with E-state index >= 15 is 8.78 Å². The number of para-hydroxylation sites is 1. The summed E-state index contributed by atoms with van der Waals surface area (Å²) in [4.78, 5) is 26.2. The van der Waals surface area contributed by atoms with Crippen molar-refractivity contribution in [2.45, 2.75) is 44.4 Å². The average Bonchev–Trinajstić information content (AvgIpc) is 3.42. The van der Waals surface area contributed by atoms with E-state index in [1.54, 1.807) is 26.5 Å². The predicted octanol–water partition coefficient (Wildman–Crippen LogP) is 6.26. The molecule has 2 N–H and O–H groups in total. The molecule has 1 aliphatic carbocycles. The van der Waals surface area contributed by atoms with Crippen molar-refractivity contribution in [3.05, 3.63) is 89.6 Å². The van der Waals surface area contributed by atoms with Crippen LogP contribution in [0.15, 0.2) is 66.9 Å². The first-order valence-corrected chi connectivity index (χ1v) is 15.1. The molecule has 1 fully saturated rings. The second-order valence-electron chi connectivity index (χ2n) is 11.3. The molecule has 1 aromatic heterocycles. The van der Waals surface area contributed by atoms with Gasteiger partial charge in [-0.3, -0.25) is 9.59 Å². The fraction of sp³-hybridized carbons (Fsp3) is 0.314. The number of nitrogens with one attached hydrogen (secondary N) is 2. The van der Waals surface area contributed by atoms with E-state index in [-0.39, 0.29) is 5.56 Å².